The fourth-order valence-electron chi connectivity index (χ4n) is 7.50. The number of carboxylic acids is 2. The van der Waals surface area contributed by atoms with Gasteiger partial charge < -0.3 is 25.0 Å². The first-order chi connectivity index (χ1) is 23.3. The van der Waals surface area contributed by atoms with Gasteiger partial charge in [0, 0.05) is 18.7 Å². The van der Waals surface area contributed by atoms with Crippen LogP contribution >= 0.6 is 0 Å². The highest BCUT2D eigenvalue weighted by molar-refractivity contribution is 5.82. The van der Waals surface area contributed by atoms with E-state index in [1.807, 2.05) is 66.7 Å². The Bertz CT molecular complexity index is 1760. The summed E-state index contributed by atoms with van der Waals surface area (Å²) < 4.78 is 12.4. The summed E-state index contributed by atoms with van der Waals surface area (Å²) >= 11 is 0. The van der Waals surface area contributed by atoms with Crippen molar-refractivity contribution < 1.29 is 29.3 Å². The number of carbonyl (C=O) groups is 2. The Kier molecular flexibility index (Phi) is 8.90. The van der Waals surface area contributed by atoms with Crippen molar-refractivity contribution >= 4 is 11.9 Å². The molecule has 248 valence electrons. The van der Waals surface area contributed by atoms with Crippen molar-refractivity contribution in [2.24, 2.45) is 0 Å². The highest BCUT2D eigenvalue weighted by atomic mass is 16.6. The molecule has 9 heteroatoms. The van der Waals surface area contributed by atoms with Crippen molar-refractivity contribution in [2.75, 3.05) is 32.8 Å². The molecule has 3 N–H and O–H groups in total. The van der Waals surface area contributed by atoms with Gasteiger partial charge in [0.05, 0.1) is 10.8 Å². The number of rotatable bonds is 9. The number of piperidine rings is 2. The molecule has 0 spiro atoms. The molecule has 1 unspecified atom stereocenters. The second-order valence-electron chi connectivity index (χ2n) is 13.3. The number of pyridine rings is 1. The van der Waals surface area contributed by atoms with Crippen LogP contribution in [0.5, 0.6) is 11.6 Å². The molecule has 7 rings (SSSR count). The number of hydrogen-bond donors (Lipinski definition) is 3. The lowest BCUT2D eigenvalue weighted by molar-refractivity contribution is -0.146. The zero-order chi connectivity index (χ0) is 33.1. The van der Waals surface area contributed by atoms with Crippen LogP contribution in [0.15, 0.2) is 91.0 Å². The molecule has 3 aromatic carbocycles. The first kappa shape index (κ1) is 31.8. The number of hydrogen-bond acceptors (Lipinski definition) is 7. The third-order valence-electron chi connectivity index (χ3n) is 10.5. The van der Waals surface area contributed by atoms with Crippen molar-refractivity contribution in [2.45, 2.75) is 55.6 Å². The zero-order valence-electron chi connectivity index (χ0n) is 26.9. The Morgan fingerprint density at radius 1 is 0.792 bits per heavy atom. The minimum atomic E-state index is -0.868. The summed E-state index contributed by atoms with van der Waals surface area (Å²) in [7, 11) is 0. The Labute approximate surface area is 280 Å². The van der Waals surface area contributed by atoms with Crippen LogP contribution in [0.25, 0.3) is 0 Å². The van der Waals surface area contributed by atoms with E-state index in [0.29, 0.717) is 63.4 Å². The Balaban J connectivity index is 0.984. The van der Waals surface area contributed by atoms with E-state index in [2.05, 4.69) is 34.5 Å². The SMILES string of the molecule is O=C(O)C1(c2cccc(Cc3ccc4c(n3)OC(c3ccc(CN5CCC(C(=O)O)(c6ccccc6)CC5)cc3)CO4)c2)CCNCC1. The number of carboxylic acid groups (broad SMARTS) is 2. The maximum absolute atomic E-state index is 12.4. The number of benzene rings is 3. The number of aromatic nitrogens is 1. The van der Waals surface area contributed by atoms with Gasteiger partial charge in [0.25, 0.3) is 5.88 Å². The van der Waals surface area contributed by atoms with Crippen molar-refractivity contribution in [3.05, 3.63) is 125 Å². The second kappa shape index (κ2) is 13.4. The first-order valence-electron chi connectivity index (χ1n) is 16.8. The van der Waals surface area contributed by atoms with Gasteiger partial charge in [0.15, 0.2) is 11.9 Å². The molecule has 3 aliphatic rings. The lowest BCUT2D eigenvalue weighted by atomic mass is 9.73. The summed E-state index contributed by atoms with van der Waals surface area (Å²) in [6.07, 6.45) is 2.54. The maximum Gasteiger partial charge on any atom is 0.314 e. The quantitative estimate of drug-likeness (QED) is 0.216. The Morgan fingerprint density at radius 3 is 2.19 bits per heavy atom. The van der Waals surface area contributed by atoms with Gasteiger partial charge in [-0.25, -0.2) is 4.98 Å². The molecule has 2 saturated heterocycles. The number of nitrogens with one attached hydrogen (secondary N) is 1. The van der Waals surface area contributed by atoms with Crippen LogP contribution < -0.4 is 14.8 Å². The third-order valence-corrected chi connectivity index (χ3v) is 10.5. The molecule has 0 radical (unpaired) electrons. The van der Waals surface area contributed by atoms with E-state index >= 15 is 0 Å². The van der Waals surface area contributed by atoms with E-state index in [9.17, 15) is 19.8 Å². The standard InChI is InChI=1S/C39H41N3O6/c43-36(44)38(15-19-40-20-16-38)31-8-4-5-28(23-31)24-32-13-14-33-35(41-32)48-34(26-47-33)29-11-9-27(10-12-29)25-42-21-17-39(18-22-42,37(45)46)30-6-2-1-3-7-30/h1-14,23,34,40H,15-22,24-26H2,(H,43,44)(H,45,46). The van der Waals surface area contributed by atoms with E-state index in [1.54, 1.807) is 0 Å². The van der Waals surface area contributed by atoms with Gasteiger partial charge in [0.2, 0.25) is 0 Å². The molecule has 0 saturated carbocycles. The highest BCUT2D eigenvalue weighted by Gasteiger charge is 2.43. The lowest BCUT2D eigenvalue weighted by Crippen LogP contribution is -2.47. The molecule has 4 aromatic rings. The van der Waals surface area contributed by atoms with Crippen LogP contribution in [0.1, 0.15) is 65.3 Å². The molecule has 9 nitrogen and oxygen atoms in total. The lowest BCUT2D eigenvalue weighted by Gasteiger charge is -2.39. The molecule has 1 atom stereocenters. The van der Waals surface area contributed by atoms with E-state index < -0.39 is 22.8 Å². The van der Waals surface area contributed by atoms with E-state index in [1.165, 1.54) is 0 Å². The first-order valence-corrected chi connectivity index (χ1v) is 16.8. The minimum absolute atomic E-state index is 0.301. The molecule has 4 heterocycles. The van der Waals surface area contributed by atoms with Crippen LogP contribution in [-0.4, -0.2) is 64.8 Å². The number of ether oxygens (including phenoxy) is 2. The fourth-order valence-corrected chi connectivity index (χ4v) is 7.50. The summed E-state index contributed by atoms with van der Waals surface area (Å²) in [6, 6.07) is 29.7. The summed E-state index contributed by atoms with van der Waals surface area (Å²) in [4.78, 5) is 31.8. The van der Waals surface area contributed by atoms with E-state index in [0.717, 1.165) is 53.1 Å². The van der Waals surface area contributed by atoms with Gasteiger partial charge in [-0.05, 0) is 91.8 Å². The summed E-state index contributed by atoms with van der Waals surface area (Å²) in [6.45, 7) is 3.95. The molecular weight excluding hydrogens is 606 g/mol. The zero-order valence-corrected chi connectivity index (χ0v) is 26.9. The van der Waals surface area contributed by atoms with Crippen molar-refractivity contribution in [3.8, 4) is 11.6 Å². The molecule has 48 heavy (non-hydrogen) atoms. The van der Waals surface area contributed by atoms with Gasteiger partial charge in [-0.1, -0.05) is 78.9 Å². The number of nitrogens with zero attached hydrogens (tertiary/aromatic N) is 2. The Morgan fingerprint density at radius 2 is 1.48 bits per heavy atom. The largest absolute Gasteiger partial charge is 0.484 e. The van der Waals surface area contributed by atoms with Crippen LogP contribution in [0.3, 0.4) is 0 Å². The average Bonchev–Trinajstić information content (AvgIpc) is 3.12. The highest BCUT2D eigenvalue weighted by Crippen LogP contribution is 2.38. The summed E-state index contributed by atoms with van der Waals surface area (Å²) in [5.41, 5.74) is 4.02. The van der Waals surface area contributed by atoms with Crippen molar-refractivity contribution in [1.29, 1.82) is 0 Å². The second-order valence-corrected chi connectivity index (χ2v) is 13.3. The number of likely N-dealkylation sites (tertiary alicyclic amines) is 1. The molecule has 0 aliphatic carbocycles. The summed E-state index contributed by atoms with van der Waals surface area (Å²) in [5.74, 6) is -0.447. The van der Waals surface area contributed by atoms with Crippen LogP contribution in [0.2, 0.25) is 0 Å². The van der Waals surface area contributed by atoms with Crippen LogP contribution in [-0.2, 0) is 33.4 Å². The van der Waals surface area contributed by atoms with Crippen molar-refractivity contribution in [3.63, 3.8) is 0 Å². The average molecular weight is 648 g/mol. The van der Waals surface area contributed by atoms with Gasteiger partial charge in [-0.15, -0.1) is 0 Å². The van der Waals surface area contributed by atoms with Gasteiger partial charge >= 0.3 is 11.9 Å². The van der Waals surface area contributed by atoms with Crippen molar-refractivity contribution in [1.82, 2.24) is 15.2 Å². The molecule has 2 fully saturated rings. The topological polar surface area (TPSA) is 121 Å². The molecule has 1 aromatic heterocycles. The number of fused-ring (bicyclic) bond motifs is 1. The number of aliphatic carboxylic acids is 2. The fraction of sp³-hybridized carbons (Fsp3) is 0.359. The van der Waals surface area contributed by atoms with Crippen LogP contribution in [0, 0.1) is 0 Å². The Hall–Kier alpha value is -4.73. The smallest absolute Gasteiger partial charge is 0.314 e. The maximum atomic E-state index is 12.4. The summed E-state index contributed by atoms with van der Waals surface area (Å²) in [5, 5.41) is 23.5. The predicted octanol–water partition coefficient (Wildman–Crippen LogP) is 5.51. The van der Waals surface area contributed by atoms with E-state index in [4.69, 9.17) is 14.5 Å². The predicted molar refractivity (Wildman–Crippen MR) is 180 cm³/mol. The minimum Gasteiger partial charge on any atom is -0.484 e. The normalized spacial score (nSPS) is 20.1. The molecular formula is C39H41N3O6. The van der Waals surface area contributed by atoms with Gasteiger partial charge in [-0.3, -0.25) is 14.5 Å². The molecule has 0 bridgehead atoms. The monoisotopic (exact) mass is 647 g/mol. The van der Waals surface area contributed by atoms with Gasteiger partial charge in [-0.2, -0.15) is 0 Å². The molecule has 0 amide bonds. The van der Waals surface area contributed by atoms with Crippen LogP contribution in [0.4, 0.5) is 0 Å². The van der Waals surface area contributed by atoms with E-state index in [-0.39, 0.29) is 6.10 Å². The molecule has 3 aliphatic heterocycles. The third kappa shape index (κ3) is 6.28. The van der Waals surface area contributed by atoms with Gasteiger partial charge in [0.1, 0.15) is 6.61 Å².